The summed E-state index contributed by atoms with van der Waals surface area (Å²) >= 11 is 1.64. The van der Waals surface area contributed by atoms with Crippen molar-refractivity contribution in [3.8, 4) is 0 Å². The van der Waals surface area contributed by atoms with Gasteiger partial charge in [0, 0.05) is 28.5 Å². The Bertz CT molecular complexity index is 756. The molecule has 0 aromatic heterocycles. The Hall–Kier alpha value is -2.31. The van der Waals surface area contributed by atoms with Gasteiger partial charge in [0.15, 0.2) is 0 Å². The largest absolute Gasteiger partial charge is 0.377 e. The Kier molecular flexibility index (Phi) is 5.73. The van der Waals surface area contributed by atoms with Gasteiger partial charge in [-0.05, 0) is 49.2 Å². The number of benzene rings is 2. The molecule has 130 valence electrons. The van der Waals surface area contributed by atoms with E-state index in [0.717, 1.165) is 30.1 Å². The fourth-order valence-corrected chi connectivity index (χ4v) is 3.77. The monoisotopic (exact) mass is 356 g/mol. The molecule has 1 aliphatic rings. The summed E-state index contributed by atoms with van der Waals surface area (Å²) in [6.45, 7) is 0.828. The molecule has 0 spiro atoms. The lowest BCUT2D eigenvalue weighted by molar-refractivity contribution is 0.0998. The van der Waals surface area contributed by atoms with Gasteiger partial charge in [0.2, 0.25) is 5.91 Å². The predicted octanol–water partition coefficient (Wildman–Crippen LogP) is 3.31. The van der Waals surface area contributed by atoms with Crippen LogP contribution in [0.5, 0.6) is 0 Å². The highest BCUT2D eigenvalue weighted by molar-refractivity contribution is 7.99. The second kappa shape index (κ2) is 8.18. The first-order chi connectivity index (χ1) is 12.1. The van der Waals surface area contributed by atoms with Gasteiger partial charge in [-0.25, -0.2) is 0 Å². The van der Waals surface area contributed by atoms with Gasteiger partial charge in [0.25, 0.3) is 5.91 Å². The summed E-state index contributed by atoms with van der Waals surface area (Å²) in [5.41, 5.74) is 6.88. The van der Waals surface area contributed by atoms with Crippen LogP contribution in [0, 0.1) is 0 Å². The average molecular weight is 356 g/mol. The Morgan fingerprint density at radius 1 is 1.16 bits per heavy atom. The molecule has 25 heavy (non-hydrogen) atoms. The molecule has 1 atom stereocenters. The molecule has 0 radical (unpaired) electrons. The van der Waals surface area contributed by atoms with E-state index in [2.05, 4.69) is 5.32 Å². The number of hydrogen-bond acceptors (Lipinski definition) is 4. The van der Waals surface area contributed by atoms with E-state index in [-0.39, 0.29) is 12.0 Å². The van der Waals surface area contributed by atoms with Crippen LogP contribution in [0.25, 0.3) is 0 Å². The quantitative estimate of drug-likeness (QED) is 0.778. The van der Waals surface area contributed by atoms with Gasteiger partial charge in [0.1, 0.15) is 0 Å². The third-order valence-corrected chi connectivity index (χ3v) is 5.21. The minimum Gasteiger partial charge on any atom is -0.377 e. The minimum atomic E-state index is -0.492. The van der Waals surface area contributed by atoms with E-state index in [1.165, 1.54) is 0 Å². The van der Waals surface area contributed by atoms with Crippen LogP contribution in [-0.4, -0.2) is 30.3 Å². The van der Waals surface area contributed by atoms with Crippen molar-refractivity contribution in [2.75, 3.05) is 17.7 Å². The lowest BCUT2D eigenvalue weighted by atomic mass is 10.1. The van der Waals surface area contributed by atoms with Crippen molar-refractivity contribution in [3.63, 3.8) is 0 Å². The van der Waals surface area contributed by atoms with Crippen LogP contribution in [0.2, 0.25) is 0 Å². The molecule has 6 heteroatoms. The topological polar surface area (TPSA) is 81.4 Å². The Morgan fingerprint density at radius 3 is 2.60 bits per heavy atom. The fourth-order valence-electron chi connectivity index (χ4n) is 2.65. The second-order valence-electron chi connectivity index (χ2n) is 5.84. The summed E-state index contributed by atoms with van der Waals surface area (Å²) in [6.07, 6.45) is 2.45. The number of rotatable bonds is 6. The van der Waals surface area contributed by atoms with Gasteiger partial charge in [-0.2, -0.15) is 0 Å². The van der Waals surface area contributed by atoms with Gasteiger partial charge < -0.3 is 15.8 Å². The van der Waals surface area contributed by atoms with Crippen LogP contribution < -0.4 is 11.1 Å². The SMILES string of the molecule is NC(=O)c1ccc(NC(=O)c2ccccc2SC[C@@H]2CCCO2)cc1. The van der Waals surface area contributed by atoms with E-state index < -0.39 is 5.91 Å². The molecular weight excluding hydrogens is 336 g/mol. The molecule has 0 aliphatic carbocycles. The van der Waals surface area contributed by atoms with E-state index in [1.54, 1.807) is 36.0 Å². The molecule has 1 aliphatic heterocycles. The van der Waals surface area contributed by atoms with E-state index in [1.807, 2.05) is 24.3 Å². The van der Waals surface area contributed by atoms with Crippen LogP contribution in [0.3, 0.4) is 0 Å². The van der Waals surface area contributed by atoms with Crippen LogP contribution in [0.4, 0.5) is 5.69 Å². The van der Waals surface area contributed by atoms with Crippen LogP contribution >= 0.6 is 11.8 Å². The van der Waals surface area contributed by atoms with Crippen molar-refractivity contribution in [1.29, 1.82) is 0 Å². The molecule has 2 aromatic carbocycles. The van der Waals surface area contributed by atoms with Crippen molar-refractivity contribution in [2.24, 2.45) is 5.73 Å². The standard InChI is InChI=1S/C19H20N2O3S/c20-18(22)13-7-9-14(10-8-13)21-19(23)16-5-1-2-6-17(16)25-12-15-4-3-11-24-15/h1-2,5-10,15H,3-4,11-12H2,(H2,20,22)(H,21,23)/t15-/m0/s1. The van der Waals surface area contributed by atoms with Gasteiger partial charge >= 0.3 is 0 Å². The number of thioether (sulfide) groups is 1. The molecule has 0 saturated carbocycles. The molecular formula is C19H20N2O3S. The van der Waals surface area contributed by atoms with Crippen LogP contribution in [0.1, 0.15) is 33.6 Å². The summed E-state index contributed by atoms with van der Waals surface area (Å²) < 4.78 is 5.64. The molecule has 0 bridgehead atoms. The molecule has 2 aromatic rings. The van der Waals surface area contributed by atoms with Gasteiger partial charge in [0.05, 0.1) is 11.7 Å². The lowest BCUT2D eigenvalue weighted by Gasteiger charge is -2.12. The smallest absolute Gasteiger partial charge is 0.256 e. The van der Waals surface area contributed by atoms with Crippen molar-refractivity contribution in [1.82, 2.24) is 0 Å². The fraction of sp³-hybridized carbons (Fsp3) is 0.263. The summed E-state index contributed by atoms with van der Waals surface area (Å²) in [4.78, 5) is 24.6. The zero-order chi connectivity index (χ0) is 17.6. The Balaban J connectivity index is 1.67. The highest BCUT2D eigenvalue weighted by Gasteiger charge is 2.18. The highest BCUT2D eigenvalue weighted by atomic mass is 32.2. The van der Waals surface area contributed by atoms with Gasteiger partial charge in [-0.15, -0.1) is 11.8 Å². The number of nitrogens with one attached hydrogen (secondary N) is 1. The molecule has 3 rings (SSSR count). The zero-order valence-electron chi connectivity index (χ0n) is 13.7. The van der Waals surface area contributed by atoms with Crippen molar-refractivity contribution in [2.45, 2.75) is 23.8 Å². The molecule has 1 heterocycles. The third-order valence-electron chi connectivity index (χ3n) is 4.01. The molecule has 0 unspecified atom stereocenters. The van der Waals surface area contributed by atoms with E-state index in [0.29, 0.717) is 16.8 Å². The van der Waals surface area contributed by atoms with E-state index in [9.17, 15) is 9.59 Å². The van der Waals surface area contributed by atoms with Crippen molar-refractivity contribution >= 4 is 29.3 Å². The molecule has 1 saturated heterocycles. The van der Waals surface area contributed by atoms with Crippen LogP contribution in [-0.2, 0) is 4.74 Å². The number of anilines is 1. The summed E-state index contributed by atoms with van der Waals surface area (Å²) in [5, 5.41) is 2.86. The third kappa shape index (κ3) is 4.61. The number of ether oxygens (including phenoxy) is 1. The minimum absolute atomic E-state index is 0.178. The Morgan fingerprint density at radius 2 is 1.92 bits per heavy atom. The van der Waals surface area contributed by atoms with E-state index >= 15 is 0 Å². The number of nitrogens with two attached hydrogens (primary N) is 1. The number of primary amides is 1. The number of amides is 2. The molecule has 5 nitrogen and oxygen atoms in total. The average Bonchev–Trinajstić information content (AvgIpc) is 3.14. The van der Waals surface area contributed by atoms with E-state index in [4.69, 9.17) is 10.5 Å². The van der Waals surface area contributed by atoms with Crippen molar-refractivity contribution in [3.05, 3.63) is 59.7 Å². The first-order valence-electron chi connectivity index (χ1n) is 8.18. The summed E-state index contributed by atoms with van der Waals surface area (Å²) in [5.74, 6) is 0.174. The number of hydrogen-bond donors (Lipinski definition) is 2. The predicted molar refractivity (Wildman–Crippen MR) is 99.1 cm³/mol. The second-order valence-corrected chi connectivity index (χ2v) is 6.90. The molecule has 2 amide bonds. The molecule has 3 N–H and O–H groups in total. The number of carbonyl (C=O) groups excluding carboxylic acids is 2. The van der Waals surface area contributed by atoms with Gasteiger partial charge in [-0.3, -0.25) is 9.59 Å². The first-order valence-corrected chi connectivity index (χ1v) is 9.16. The maximum absolute atomic E-state index is 12.6. The van der Waals surface area contributed by atoms with Crippen molar-refractivity contribution < 1.29 is 14.3 Å². The summed E-state index contributed by atoms with van der Waals surface area (Å²) in [7, 11) is 0. The van der Waals surface area contributed by atoms with Gasteiger partial charge in [-0.1, -0.05) is 12.1 Å². The first kappa shape index (κ1) is 17.5. The molecule has 1 fully saturated rings. The number of carbonyl (C=O) groups is 2. The Labute approximate surface area is 150 Å². The zero-order valence-corrected chi connectivity index (χ0v) is 14.6. The maximum Gasteiger partial charge on any atom is 0.256 e. The highest BCUT2D eigenvalue weighted by Crippen LogP contribution is 2.27. The van der Waals surface area contributed by atoms with Crippen LogP contribution in [0.15, 0.2) is 53.4 Å². The maximum atomic E-state index is 12.6. The normalized spacial score (nSPS) is 16.6. The summed E-state index contributed by atoms with van der Waals surface area (Å²) in [6, 6.07) is 14.1. The lowest BCUT2D eigenvalue weighted by Crippen LogP contribution is -2.15.